The van der Waals surface area contributed by atoms with Gasteiger partial charge in [0.1, 0.15) is 17.2 Å². The van der Waals surface area contributed by atoms with E-state index in [0.717, 1.165) is 41.9 Å². The molecular formula is C21H18F2N2O2. The first-order chi connectivity index (χ1) is 13.0. The fourth-order valence-electron chi connectivity index (χ4n) is 3.43. The van der Waals surface area contributed by atoms with Gasteiger partial charge >= 0.3 is 0 Å². The van der Waals surface area contributed by atoms with Crippen LogP contribution in [0.2, 0.25) is 0 Å². The lowest BCUT2D eigenvalue weighted by Gasteiger charge is -2.09. The highest BCUT2D eigenvalue weighted by Gasteiger charge is 2.25. The van der Waals surface area contributed by atoms with Crippen LogP contribution in [0.25, 0.3) is 27.9 Å². The number of rotatable bonds is 2. The maximum absolute atomic E-state index is 14.4. The van der Waals surface area contributed by atoms with Gasteiger partial charge in [-0.15, -0.1) is 0 Å². The van der Waals surface area contributed by atoms with Gasteiger partial charge in [0.15, 0.2) is 5.76 Å². The number of carbonyl (C=O) groups is 1. The molecule has 4 rings (SSSR count). The van der Waals surface area contributed by atoms with Gasteiger partial charge < -0.3 is 15.1 Å². The number of allylic oxidation sites excluding steroid dienone is 1. The van der Waals surface area contributed by atoms with Crippen molar-refractivity contribution in [3.05, 3.63) is 59.2 Å². The Morgan fingerprint density at radius 2 is 2.00 bits per heavy atom. The maximum Gasteiger partial charge on any atom is 0.255 e. The molecule has 2 aromatic carbocycles. The second-order valence-electron chi connectivity index (χ2n) is 6.51. The third-order valence-electron chi connectivity index (χ3n) is 4.79. The third-order valence-corrected chi connectivity index (χ3v) is 4.79. The monoisotopic (exact) mass is 368 g/mol. The van der Waals surface area contributed by atoms with Crippen molar-refractivity contribution in [1.29, 1.82) is 0 Å². The number of furan rings is 1. The van der Waals surface area contributed by atoms with Crippen molar-refractivity contribution >= 4 is 28.1 Å². The Bertz CT molecular complexity index is 1100. The van der Waals surface area contributed by atoms with Crippen LogP contribution < -0.4 is 10.6 Å². The van der Waals surface area contributed by atoms with Crippen LogP contribution in [0.4, 0.5) is 14.5 Å². The van der Waals surface area contributed by atoms with E-state index < -0.39 is 17.5 Å². The highest BCUT2D eigenvalue weighted by Crippen LogP contribution is 2.39. The molecule has 3 aromatic rings. The van der Waals surface area contributed by atoms with E-state index in [1.807, 2.05) is 19.1 Å². The third kappa shape index (κ3) is 2.87. The number of nitrogens with one attached hydrogen (secondary N) is 2. The van der Waals surface area contributed by atoms with Crippen molar-refractivity contribution < 1.29 is 18.0 Å². The Morgan fingerprint density at radius 3 is 2.74 bits per heavy atom. The molecule has 2 heterocycles. The van der Waals surface area contributed by atoms with Crippen LogP contribution in [-0.4, -0.2) is 19.5 Å². The summed E-state index contributed by atoms with van der Waals surface area (Å²) < 4.78 is 33.6. The summed E-state index contributed by atoms with van der Waals surface area (Å²) in [5.74, 6) is -1.78. The second kappa shape index (κ2) is 6.54. The first-order valence-electron chi connectivity index (χ1n) is 8.68. The fraction of sp³-hybridized carbons (Fsp3) is 0.190. The number of benzene rings is 2. The zero-order chi connectivity index (χ0) is 19.1. The van der Waals surface area contributed by atoms with Crippen molar-refractivity contribution in [2.24, 2.45) is 0 Å². The zero-order valence-electron chi connectivity index (χ0n) is 15.0. The predicted molar refractivity (Wildman–Crippen MR) is 102 cm³/mol. The number of carbonyl (C=O) groups excluding carboxylic acids is 1. The van der Waals surface area contributed by atoms with Crippen molar-refractivity contribution in [2.45, 2.75) is 13.3 Å². The second-order valence-corrected chi connectivity index (χ2v) is 6.51. The van der Waals surface area contributed by atoms with Crippen LogP contribution in [0.5, 0.6) is 0 Å². The molecule has 1 aliphatic heterocycles. The minimum atomic E-state index is -0.782. The predicted octanol–water partition coefficient (Wildman–Crippen LogP) is 4.96. The quantitative estimate of drug-likeness (QED) is 0.672. The molecule has 6 heteroatoms. The summed E-state index contributed by atoms with van der Waals surface area (Å²) in [5.41, 5.74) is 3.71. The van der Waals surface area contributed by atoms with Crippen LogP contribution in [0.1, 0.15) is 29.3 Å². The zero-order valence-corrected chi connectivity index (χ0v) is 15.0. The van der Waals surface area contributed by atoms with E-state index in [1.165, 1.54) is 13.1 Å². The lowest BCUT2D eigenvalue weighted by molar-refractivity contribution is 0.0964. The van der Waals surface area contributed by atoms with Gasteiger partial charge in [0.05, 0.1) is 11.1 Å². The van der Waals surface area contributed by atoms with Crippen molar-refractivity contribution in [1.82, 2.24) is 5.32 Å². The lowest BCUT2D eigenvalue weighted by Crippen LogP contribution is -2.18. The van der Waals surface area contributed by atoms with Crippen LogP contribution >= 0.6 is 0 Å². The Balaban J connectivity index is 2.03. The summed E-state index contributed by atoms with van der Waals surface area (Å²) in [6.45, 7) is 2.80. The largest absolute Gasteiger partial charge is 0.455 e. The van der Waals surface area contributed by atoms with Crippen molar-refractivity contribution in [3.63, 3.8) is 0 Å². The molecule has 1 amide bonds. The maximum atomic E-state index is 14.4. The molecule has 1 aromatic heterocycles. The van der Waals surface area contributed by atoms with E-state index in [1.54, 1.807) is 0 Å². The van der Waals surface area contributed by atoms with Crippen molar-refractivity contribution in [3.8, 4) is 11.3 Å². The minimum absolute atomic E-state index is 0.0432. The number of anilines is 1. The molecule has 0 aliphatic carbocycles. The van der Waals surface area contributed by atoms with E-state index in [0.29, 0.717) is 11.0 Å². The van der Waals surface area contributed by atoms with Crippen LogP contribution in [0, 0.1) is 11.6 Å². The van der Waals surface area contributed by atoms with E-state index in [-0.39, 0.29) is 16.9 Å². The summed E-state index contributed by atoms with van der Waals surface area (Å²) >= 11 is 0. The fourth-order valence-corrected chi connectivity index (χ4v) is 3.43. The molecule has 138 valence electrons. The summed E-state index contributed by atoms with van der Waals surface area (Å²) in [7, 11) is 1.50. The molecule has 0 saturated carbocycles. The number of halogens is 2. The SMILES string of the molecule is CNC(=O)c1c(-c2ccc(F)cc2F)oc2cc3c(cc12)C(C)=CCCN3. The molecule has 0 saturated heterocycles. The summed E-state index contributed by atoms with van der Waals surface area (Å²) in [6.07, 6.45) is 3.03. The average Bonchev–Trinajstić information content (AvgIpc) is 2.91. The molecule has 1 aliphatic rings. The normalized spacial score (nSPS) is 13.6. The van der Waals surface area contributed by atoms with Crippen LogP contribution in [0.15, 0.2) is 40.8 Å². The van der Waals surface area contributed by atoms with Crippen LogP contribution in [0.3, 0.4) is 0 Å². The number of hydrogen-bond donors (Lipinski definition) is 2. The molecule has 4 nitrogen and oxygen atoms in total. The molecular weight excluding hydrogens is 350 g/mol. The first kappa shape index (κ1) is 17.3. The Labute approximate surface area is 154 Å². The van der Waals surface area contributed by atoms with Gasteiger partial charge in [0.2, 0.25) is 0 Å². The summed E-state index contributed by atoms with van der Waals surface area (Å²) in [5, 5.41) is 6.51. The molecule has 2 N–H and O–H groups in total. The molecule has 0 atom stereocenters. The molecule has 27 heavy (non-hydrogen) atoms. The molecule has 0 spiro atoms. The van der Waals surface area contributed by atoms with Crippen LogP contribution in [-0.2, 0) is 0 Å². The summed E-state index contributed by atoms with van der Waals surface area (Å²) in [6, 6.07) is 6.91. The van der Waals surface area contributed by atoms with Gasteiger partial charge in [-0.3, -0.25) is 4.79 Å². The van der Waals surface area contributed by atoms with Gasteiger partial charge in [-0.25, -0.2) is 8.78 Å². The van der Waals surface area contributed by atoms with E-state index in [9.17, 15) is 13.6 Å². The molecule has 0 fully saturated rings. The van der Waals surface area contributed by atoms with Gasteiger partial charge in [-0.1, -0.05) is 6.08 Å². The average molecular weight is 368 g/mol. The standard InChI is InChI=1S/C21H18F2N2O2/c1-11-4-3-7-25-17-10-18-15(9-14(11)17)19(21(26)24-2)20(27-18)13-6-5-12(22)8-16(13)23/h4-6,8-10,25H,3,7H2,1-2H3,(H,24,26). The van der Waals surface area contributed by atoms with Crippen molar-refractivity contribution in [2.75, 3.05) is 18.9 Å². The smallest absolute Gasteiger partial charge is 0.255 e. The minimum Gasteiger partial charge on any atom is -0.455 e. The highest BCUT2D eigenvalue weighted by molar-refractivity contribution is 6.12. The first-order valence-corrected chi connectivity index (χ1v) is 8.68. The Kier molecular flexibility index (Phi) is 4.18. The van der Waals surface area contributed by atoms with E-state index in [2.05, 4.69) is 16.7 Å². The highest BCUT2D eigenvalue weighted by atomic mass is 19.1. The summed E-state index contributed by atoms with van der Waals surface area (Å²) in [4.78, 5) is 12.6. The van der Waals surface area contributed by atoms with Gasteiger partial charge in [-0.2, -0.15) is 0 Å². The molecule has 0 radical (unpaired) electrons. The van der Waals surface area contributed by atoms with Gasteiger partial charge in [-0.05, 0) is 37.1 Å². The Hall–Kier alpha value is -3.15. The van der Waals surface area contributed by atoms with E-state index >= 15 is 0 Å². The molecule has 0 bridgehead atoms. The number of fused-ring (bicyclic) bond motifs is 2. The number of hydrogen-bond acceptors (Lipinski definition) is 3. The number of amides is 1. The Morgan fingerprint density at radius 1 is 1.19 bits per heavy atom. The van der Waals surface area contributed by atoms with Gasteiger partial charge in [0.25, 0.3) is 5.91 Å². The van der Waals surface area contributed by atoms with E-state index in [4.69, 9.17) is 4.42 Å². The topological polar surface area (TPSA) is 54.3 Å². The molecule has 0 unspecified atom stereocenters. The van der Waals surface area contributed by atoms with Gasteiger partial charge in [0, 0.05) is 42.4 Å². The lowest BCUT2D eigenvalue weighted by atomic mass is 9.99.